The number of ether oxygens (including phenoxy) is 1. The fraction of sp³-hybridized carbons (Fsp3) is 0.800. The highest BCUT2D eigenvalue weighted by molar-refractivity contribution is 5.66. The number of hydrogen-bond donors (Lipinski definition) is 1. The third kappa shape index (κ3) is 17.0. The fourth-order valence-corrected chi connectivity index (χ4v) is 2.69. The molecule has 0 aromatic heterocycles. The minimum Gasteiger partial charge on any atom is -0.481 e. The van der Waals surface area contributed by atoms with Crippen LogP contribution in [0, 0.1) is 0 Å². The number of esters is 1. The Balaban J connectivity index is 3.69. The Morgan fingerprint density at radius 2 is 1.62 bits per heavy atom. The number of carbonyl (C=O) groups excluding carboxylic acids is 1. The Bertz CT molecular complexity index is 350. The van der Waals surface area contributed by atoms with Crippen molar-refractivity contribution in [2.24, 2.45) is 0 Å². The molecule has 0 rings (SSSR count). The van der Waals surface area contributed by atoms with Gasteiger partial charge in [0.1, 0.15) is 6.10 Å². The van der Waals surface area contributed by atoms with Gasteiger partial charge in [0.05, 0.1) is 0 Å². The summed E-state index contributed by atoms with van der Waals surface area (Å²) in [4.78, 5) is 21.5. The zero-order valence-electron chi connectivity index (χ0n) is 15.6. The molecule has 0 amide bonds. The maximum absolute atomic E-state index is 11.2. The second kappa shape index (κ2) is 16.5. The van der Waals surface area contributed by atoms with E-state index >= 15 is 0 Å². The maximum atomic E-state index is 11.2. The van der Waals surface area contributed by atoms with Crippen LogP contribution in [0.4, 0.5) is 0 Å². The molecule has 0 aliphatic rings. The van der Waals surface area contributed by atoms with Gasteiger partial charge in [0.15, 0.2) is 0 Å². The summed E-state index contributed by atoms with van der Waals surface area (Å²) < 4.78 is 5.38. The number of rotatable bonds is 16. The average molecular weight is 341 g/mol. The molecule has 0 saturated carbocycles. The van der Waals surface area contributed by atoms with Crippen LogP contribution in [0.25, 0.3) is 0 Å². The number of unbranched alkanes of at least 4 members (excludes halogenated alkanes) is 8. The van der Waals surface area contributed by atoms with Gasteiger partial charge < -0.3 is 9.84 Å². The molecule has 0 fully saturated rings. The lowest BCUT2D eigenvalue weighted by Crippen LogP contribution is -2.15. The van der Waals surface area contributed by atoms with Gasteiger partial charge in [-0.2, -0.15) is 0 Å². The van der Waals surface area contributed by atoms with E-state index in [-0.39, 0.29) is 18.5 Å². The van der Waals surface area contributed by atoms with E-state index in [2.05, 4.69) is 19.1 Å². The lowest BCUT2D eigenvalue weighted by molar-refractivity contribution is -0.146. The first-order valence-electron chi connectivity index (χ1n) is 9.60. The van der Waals surface area contributed by atoms with E-state index < -0.39 is 5.97 Å². The van der Waals surface area contributed by atoms with Crippen molar-refractivity contribution in [1.82, 2.24) is 0 Å². The number of hydrogen-bond acceptors (Lipinski definition) is 3. The van der Waals surface area contributed by atoms with E-state index in [1.165, 1.54) is 26.2 Å². The molecule has 1 N–H and O–H groups in total. The van der Waals surface area contributed by atoms with E-state index in [0.29, 0.717) is 0 Å². The molecular formula is C20H36O4. The summed E-state index contributed by atoms with van der Waals surface area (Å²) in [7, 11) is 0. The highest BCUT2D eigenvalue weighted by atomic mass is 16.5. The van der Waals surface area contributed by atoms with Crippen LogP contribution in [0.15, 0.2) is 12.2 Å². The van der Waals surface area contributed by atoms with Crippen molar-refractivity contribution in [3.05, 3.63) is 12.2 Å². The van der Waals surface area contributed by atoms with E-state index in [4.69, 9.17) is 9.84 Å². The normalized spacial score (nSPS) is 12.4. The molecule has 0 aliphatic heterocycles. The highest BCUT2D eigenvalue weighted by Gasteiger charge is 2.09. The third-order valence-electron chi connectivity index (χ3n) is 4.04. The van der Waals surface area contributed by atoms with Gasteiger partial charge in [-0.25, -0.2) is 0 Å². The van der Waals surface area contributed by atoms with Gasteiger partial charge in [-0.15, -0.1) is 0 Å². The number of carboxylic acids is 1. The molecule has 0 bridgehead atoms. The Morgan fingerprint density at radius 1 is 0.958 bits per heavy atom. The van der Waals surface area contributed by atoms with E-state index in [9.17, 15) is 9.59 Å². The summed E-state index contributed by atoms with van der Waals surface area (Å²) in [5, 5.41) is 8.55. The predicted octanol–water partition coefficient (Wildman–Crippen LogP) is 5.65. The summed E-state index contributed by atoms with van der Waals surface area (Å²) in [6.45, 7) is 3.67. The standard InChI is InChI=1S/C20H36O4/c1-3-4-5-12-15-19(24-18(2)21)16-13-10-8-6-7-9-11-14-17-20(22)23/h10,13,19H,3-9,11-12,14-17H2,1-2H3,(H,22,23)/b13-10+/t19-/m1/s1. The minimum atomic E-state index is -0.699. The lowest BCUT2D eigenvalue weighted by atomic mass is 10.1. The molecule has 0 spiro atoms. The quantitative estimate of drug-likeness (QED) is 0.224. The van der Waals surface area contributed by atoms with Gasteiger partial charge in [0.25, 0.3) is 0 Å². The second-order valence-corrected chi connectivity index (χ2v) is 6.49. The number of carbonyl (C=O) groups is 2. The SMILES string of the molecule is CCCCCC[C@H](C/C=C/CCCCCCCC(=O)O)OC(C)=O. The van der Waals surface area contributed by atoms with Crippen molar-refractivity contribution in [1.29, 1.82) is 0 Å². The Hall–Kier alpha value is -1.32. The van der Waals surface area contributed by atoms with Crippen LogP contribution in [0.2, 0.25) is 0 Å². The third-order valence-corrected chi connectivity index (χ3v) is 4.04. The molecule has 4 heteroatoms. The van der Waals surface area contributed by atoms with Crippen molar-refractivity contribution in [3.8, 4) is 0 Å². The molecule has 1 atom stereocenters. The fourth-order valence-electron chi connectivity index (χ4n) is 2.69. The van der Waals surface area contributed by atoms with E-state index in [0.717, 1.165) is 57.8 Å². The zero-order chi connectivity index (χ0) is 18.0. The van der Waals surface area contributed by atoms with Crippen molar-refractivity contribution < 1.29 is 19.4 Å². The monoisotopic (exact) mass is 340 g/mol. The Kier molecular flexibility index (Phi) is 15.6. The van der Waals surface area contributed by atoms with Crippen molar-refractivity contribution >= 4 is 11.9 Å². The molecule has 4 nitrogen and oxygen atoms in total. The molecule has 0 saturated heterocycles. The summed E-state index contributed by atoms with van der Waals surface area (Å²) in [5.41, 5.74) is 0. The summed E-state index contributed by atoms with van der Waals surface area (Å²) in [6.07, 6.45) is 17.4. The van der Waals surface area contributed by atoms with Crippen molar-refractivity contribution in [3.63, 3.8) is 0 Å². The topological polar surface area (TPSA) is 63.6 Å². The van der Waals surface area contributed by atoms with Gasteiger partial charge in [-0.05, 0) is 32.1 Å². The van der Waals surface area contributed by atoms with E-state index in [1.807, 2.05) is 0 Å². The van der Waals surface area contributed by atoms with Crippen LogP contribution >= 0.6 is 0 Å². The van der Waals surface area contributed by atoms with Crippen LogP contribution in [-0.4, -0.2) is 23.1 Å². The minimum absolute atomic E-state index is 0.0200. The predicted molar refractivity (Wildman–Crippen MR) is 98.0 cm³/mol. The molecule has 0 aliphatic carbocycles. The first-order valence-corrected chi connectivity index (χ1v) is 9.60. The van der Waals surface area contributed by atoms with Gasteiger partial charge in [0, 0.05) is 19.8 Å². The zero-order valence-corrected chi connectivity index (χ0v) is 15.6. The molecule has 0 heterocycles. The smallest absolute Gasteiger partial charge is 0.303 e. The van der Waals surface area contributed by atoms with E-state index in [1.54, 1.807) is 0 Å². The molecule has 0 aromatic carbocycles. The Labute approximate surface area is 147 Å². The van der Waals surface area contributed by atoms with Gasteiger partial charge >= 0.3 is 11.9 Å². The highest BCUT2D eigenvalue weighted by Crippen LogP contribution is 2.13. The molecule has 140 valence electrons. The van der Waals surface area contributed by atoms with Gasteiger partial charge in [-0.3, -0.25) is 9.59 Å². The number of carboxylic acid groups (broad SMARTS) is 1. The first-order chi connectivity index (χ1) is 11.6. The molecule has 24 heavy (non-hydrogen) atoms. The molecule has 0 radical (unpaired) electrons. The maximum Gasteiger partial charge on any atom is 0.303 e. The number of allylic oxidation sites excluding steroid dienone is 1. The van der Waals surface area contributed by atoms with Gasteiger partial charge in [-0.1, -0.05) is 57.6 Å². The summed E-state index contributed by atoms with van der Waals surface area (Å²) in [6, 6.07) is 0. The van der Waals surface area contributed by atoms with Crippen LogP contribution in [0.1, 0.15) is 97.3 Å². The lowest BCUT2D eigenvalue weighted by Gasteiger charge is -2.15. The van der Waals surface area contributed by atoms with Crippen LogP contribution in [-0.2, 0) is 14.3 Å². The van der Waals surface area contributed by atoms with Crippen molar-refractivity contribution in [2.75, 3.05) is 0 Å². The molecule has 0 aromatic rings. The first kappa shape index (κ1) is 22.7. The summed E-state index contributed by atoms with van der Waals surface area (Å²) in [5.74, 6) is -0.889. The van der Waals surface area contributed by atoms with Gasteiger partial charge in [0.2, 0.25) is 0 Å². The van der Waals surface area contributed by atoms with Crippen LogP contribution < -0.4 is 0 Å². The Morgan fingerprint density at radius 3 is 2.29 bits per heavy atom. The summed E-state index contributed by atoms with van der Waals surface area (Å²) >= 11 is 0. The van der Waals surface area contributed by atoms with Crippen LogP contribution in [0.5, 0.6) is 0 Å². The molecular weight excluding hydrogens is 304 g/mol. The average Bonchev–Trinajstić information content (AvgIpc) is 2.52. The second-order valence-electron chi connectivity index (χ2n) is 6.49. The molecule has 0 unspecified atom stereocenters. The number of aliphatic carboxylic acids is 1. The van der Waals surface area contributed by atoms with Crippen molar-refractivity contribution in [2.45, 2.75) is 103 Å². The van der Waals surface area contributed by atoms with Crippen LogP contribution in [0.3, 0.4) is 0 Å². The largest absolute Gasteiger partial charge is 0.481 e.